The van der Waals surface area contributed by atoms with Gasteiger partial charge in [0.25, 0.3) is 0 Å². The molecule has 14 heteroatoms. The first-order chi connectivity index (χ1) is 22.7. The fourth-order valence-corrected chi connectivity index (χ4v) is 5.48. The summed E-state index contributed by atoms with van der Waals surface area (Å²) < 4.78 is 11.7. The molecule has 0 fully saturated rings. The SMILES string of the molecule is Oc1cc(COCCC[C@H](Cc2cc(O)c(O)c(O)c2)[C@H](COCc2cc(O)c(O)c(O)c2)Cc2cc(O)c(O)c(O)c2)cc(O)c1O. The summed E-state index contributed by atoms with van der Waals surface area (Å²) in [7, 11) is 0. The summed E-state index contributed by atoms with van der Waals surface area (Å²) in [6.07, 6.45) is 1.35. The van der Waals surface area contributed by atoms with Crippen molar-refractivity contribution in [1.29, 1.82) is 0 Å². The van der Waals surface area contributed by atoms with E-state index in [1.54, 1.807) is 0 Å². The Kier molecular flexibility index (Phi) is 11.3. The van der Waals surface area contributed by atoms with E-state index in [-0.39, 0.29) is 45.2 Å². The smallest absolute Gasteiger partial charge is 0.200 e. The molecule has 0 saturated heterocycles. The molecule has 0 aliphatic carbocycles. The Labute approximate surface area is 274 Å². The molecule has 4 rings (SSSR count). The summed E-state index contributed by atoms with van der Waals surface area (Å²) in [6.45, 7) is 0.174. The van der Waals surface area contributed by atoms with Crippen LogP contribution in [0, 0.1) is 11.8 Å². The second-order valence-electron chi connectivity index (χ2n) is 11.6. The van der Waals surface area contributed by atoms with Crippen molar-refractivity contribution < 1.29 is 70.8 Å². The van der Waals surface area contributed by atoms with E-state index in [9.17, 15) is 61.3 Å². The fraction of sp³-hybridized carbons (Fsp3) is 0.294. The highest BCUT2D eigenvalue weighted by atomic mass is 16.5. The van der Waals surface area contributed by atoms with E-state index in [4.69, 9.17) is 9.47 Å². The van der Waals surface area contributed by atoms with Crippen molar-refractivity contribution >= 4 is 0 Å². The van der Waals surface area contributed by atoms with Crippen LogP contribution in [-0.2, 0) is 35.5 Å². The minimum atomic E-state index is -0.683. The normalized spacial score (nSPS) is 12.6. The van der Waals surface area contributed by atoms with E-state index in [1.807, 2.05) is 0 Å². The van der Waals surface area contributed by atoms with Crippen LogP contribution in [0.1, 0.15) is 35.1 Å². The van der Waals surface area contributed by atoms with Gasteiger partial charge >= 0.3 is 0 Å². The van der Waals surface area contributed by atoms with E-state index in [1.165, 1.54) is 48.5 Å². The van der Waals surface area contributed by atoms with Crippen LogP contribution in [0.25, 0.3) is 0 Å². The number of hydrogen-bond donors (Lipinski definition) is 12. The molecular formula is C34H38O14. The largest absolute Gasteiger partial charge is 0.504 e. The molecule has 0 amide bonds. The number of phenols is 12. The van der Waals surface area contributed by atoms with Crippen LogP contribution in [0.3, 0.4) is 0 Å². The van der Waals surface area contributed by atoms with Gasteiger partial charge in [-0.05, 0) is 108 Å². The molecule has 48 heavy (non-hydrogen) atoms. The van der Waals surface area contributed by atoms with Crippen LogP contribution in [0.5, 0.6) is 69.0 Å². The summed E-state index contributed by atoms with van der Waals surface area (Å²) in [6, 6.07) is 10.2. The van der Waals surface area contributed by atoms with Crippen LogP contribution < -0.4 is 0 Å². The highest BCUT2D eigenvalue weighted by Gasteiger charge is 2.25. The summed E-state index contributed by atoms with van der Waals surface area (Å²) in [4.78, 5) is 0. The molecule has 0 bridgehead atoms. The lowest BCUT2D eigenvalue weighted by molar-refractivity contribution is 0.0578. The maximum absolute atomic E-state index is 10.2. The maximum Gasteiger partial charge on any atom is 0.200 e. The Balaban J connectivity index is 1.56. The second-order valence-corrected chi connectivity index (χ2v) is 11.6. The molecule has 0 radical (unpaired) electrons. The van der Waals surface area contributed by atoms with Crippen molar-refractivity contribution in [3.8, 4) is 69.0 Å². The molecular weight excluding hydrogens is 632 g/mol. The predicted molar refractivity (Wildman–Crippen MR) is 169 cm³/mol. The van der Waals surface area contributed by atoms with E-state index < -0.39 is 74.9 Å². The molecule has 0 aromatic heterocycles. The van der Waals surface area contributed by atoms with Gasteiger partial charge in [0.05, 0.1) is 19.8 Å². The van der Waals surface area contributed by atoms with Gasteiger partial charge < -0.3 is 70.8 Å². The monoisotopic (exact) mass is 670 g/mol. The molecule has 4 aromatic carbocycles. The Bertz CT molecular complexity index is 1650. The molecule has 14 nitrogen and oxygen atoms in total. The molecule has 0 aliphatic rings. The second kappa shape index (κ2) is 15.3. The van der Waals surface area contributed by atoms with Gasteiger partial charge in [0.1, 0.15) is 0 Å². The summed E-state index contributed by atoms with van der Waals surface area (Å²) in [5, 5.41) is 119. The van der Waals surface area contributed by atoms with Crippen LogP contribution in [0.15, 0.2) is 48.5 Å². The Morgan fingerprint density at radius 1 is 0.396 bits per heavy atom. The van der Waals surface area contributed by atoms with Gasteiger partial charge in [0.15, 0.2) is 69.0 Å². The predicted octanol–water partition coefficient (Wildman–Crippen LogP) is 4.39. The number of rotatable bonds is 15. The lowest BCUT2D eigenvalue weighted by Crippen LogP contribution is -2.25. The fourth-order valence-electron chi connectivity index (χ4n) is 5.48. The van der Waals surface area contributed by atoms with E-state index in [2.05, 4.69) is 0 Å². The quantitative estimate of drug-likeness (QED) is 0.0619. The van der Waals surface area contributed by atoms with Crippen molar-refractivity contribution in [3.05, 3.63) is 70.8 Å². The number of benzene rings is 4. The van der Waals surface area contributed by atoms with Gasteiger partial charge in [-0.1, -0.05) is 0 Å². The van der Waals surface area contributed by atoms with Crippen molar-refractivity contribution in [2.24, 2.45) is 11.8 Å². The minimum Gasteiger partial charge on any atom is -0.504 e. The zero-order valence-electron chi connectivity index (χ0n) is 25.6. The number of ether oxygens (including phenoxy) is 2. The standard InChI is InChI=1S/C34H38O14/c35-23-6-17(7-24(36)31(23)43)4-21(2-1-3-47-14-19-10-27(39)33(45)28(40)11-19)22(5-18-8-25(37)32(44)26(38)9-18)16-48-15-20-12-29(41)34(46)30(42)13-20/h6-13,21-22,35-46H,1-5,14-16H2/t21-,22+/m1/s1. The molecule has 0 unspecified atom stereocenters. The third kappa shape index (κ3) is 8.80. The van der Waals surface area contributed by atoms with Gasteiger partial charge in [-0.15, -0.1) is 0 Å². The first kappa shape index (κ1) is 35.3. The van der Waals surface area contributed by atoms with E-state index in [0.29, 0.717) is 35.1 Å². The highest BCUT2D eigenvalue weighted by molar-refractivity contribution is 5.53. The number of aromatic hydroxyl groups is 12. The average molecular weight is 671 g/mol. The summed E-state index contributed by atoms with van der Waals surface area (Å²) >= 11 is 0. The summed E-state index contributed by atoms with van der Waals surface area (Å²) in [5.41, 5.74) is 1.68. The number of hydrogen-bond acceptors (Lipinski definition) is 14. The first-order valence-electron chi connectivity index (χ1n) is 14.8. The first-order valence-corrected chi connectivity index (χ1v) is 14.8. The van der Waals surface area contributed by atoms with Gasteiger partial charge in [-0.25, -0.2) is 0 Å². The van der Waals surface area contributed by atoms with Crippen molar-refractivity contribution in [3.63, 3.8) is 0 Å². The van der Waals surface area contributed by atoms with Crippen LogP contribution in [0.4, 0.5) is 0 Å². The Morgan fingerprint density at radius 2 is 0.708 bits per heavy atom. The number of phenolic OH excluding ortho intramolecular Hbond substituents is 12. The third-order valence-corrected chi connectivity index (χ3v) is 7.91. The highest BCUT2D eigenvalue weighted by Crippen LogP contribution is 2.40. The average Bonchev–Trinajstić information content (AvgIpc) is 3.02. The van der Waals surface area contributed by atoms with Crippen molar-refractivity contribution in [2.45, 2.75) is 38.9 Å². The lowest BCUT2D eigenvalue weighted by Gasteiger charge is -2.28. The minimum absolute atomic E-state index is 0.0106. The van der Waals surface area contributed by atoms with Gasteiger partial charge in [-0.2, -0.15) is 0 Å². The van der Waals surface area contributed by atoms with E-state index in [0.717, 1.165) is 0 Å². The molecule has 0 aliphatic heterocycles. The van der Waals surface area contributed by atoms with Crippen LogP contribution in [-0.4, -0.2) is 74.5 Å². The van der Waals surface area contributed by atoms with Crippen LogP contribution in [0.2, 0.25) is 0 Å². The Morgan fingerprint density at radius 3 is 1.08 bits per heavy atom. The molecule has 0 saturated carbocycles. The van der Waals surface area contributed by atoms with Gasteiger partial charge in [0, 0.05) is 6.61 Å². The molecule has 2 atom stereocenters. The third-order valence-electron chi connectivity index (χ3n) is 7.91. The molecule has 0 heterocycles. The van der Waals surface area contributed by atoms with Crippen molar-refractivity contribution in [2.75, 3.05) is 13.2 Å². The van der Waals surface area contributed by atoms with Gasteiger partial charge in [0.2, 0.25) is 0 Å². The molecule has 0 spiro atoms. The maximum atomic E-state index is 10.2. The lowest BCUT2D eigenvalue weighted by atomic mass is 9.80. The van der Waals surface area contributed by atoms with Crippen LogP contribution >= 0.6 is 0 Å². The van der Waals surface area contributed by atoms with E-state index >= 15 is 0 Å². The van der Waals surface area contributed by atoms with Gasteiger partial charge in [-0.3, -0.25) is 0 Å². The summed E-state index contributed by atoms with van der Waals surface area (Å²) in [5.74, 6) is -7.60. The Hall–Kier alpha value is -5.60. The zero-order valence-corrected chi connectivity index (χ0v) is 25.6. The zero-order chi connectivity index (χ0) is 35.1. The molecule has 4 aromatic rings. The molecule has 12 N–H and O–H groups in total. The molecule has 258 valence electrons. The topological polar surface area (TPSA) is 261 Å². The van der Waals surface area contributed by atoms with Crippen molar-refractivity contribution in [1.82, 2.24) is 0 Å².